The maximum absolute atomic E-state index is 4.37. The number of anilines is 1. The first-order valence-corrected chi connectivity index (χ1v) is 7.06. The third-order valence-electron chi connectivity index (χ3n) is 2.12. The Labute approximate surface area is 117 Å². The molecule has 0 aliphatic heterocycles. The predicted molar refractivity (Wildman–Crippen MR) is 72.7 cm³/mol. The summed E-state index contributed by atoms with van der Waals surface area (Å²) in [5, 5.41) is 9.53. The average molecular weight is 291 g/mol. The number of rotatable bonds is 4. The smallest absolute Gasteiger partial charge is 0.256 e. The predicted octanol–water partition coefficient (Wildman–Crippen LogP) is 1.71. The van der Waals surface area contributed by atoms with E-state index in [0.29, 0.717) is 17.1 Å². The quantitative estimate of drug-likeness (QED) is 0.783. The molecule has 3 heterocycles. The van der Waals surface area contributed by atoms with Gasteiger partial charge in [-0.15, -0.1) is 11.3 Å². The highest BCUT2D eigenvalue weighted by Crippen LogP contribution is 2.27. The van der Waals surface area contributed by atoms with Crippen molar-refractivity contribution in [3.8, 4) is 5.95 Å². The molecule has 0 bridgehead atoms. The van der Waals surface area contributed by atoms with Gasteiger partial charge in [-0.1, -0.05) is 0 Å². The fourth-order valence-electron chi connectivity index (χ4n) is 1.33. The van der Waals surface area contributed by atoms with Gasteiger partial charge in [0, 0.05) is 31.0 Å². The van der Waals surface area contributed by atoms with Crippen LogP contribution in [0, 0.1) is 0 Å². The molecule has 3 aromatic rings. The first-order valence-electron chi connectivity index (χ1n) is 5.36. The normalized spacial score (nSPS) is 10.6. The third kappa shape index (κ3) is 2.71. The molecule has 0 aliphatic rings. The van der Waals surface area contributed by atoms with Crippen LogP contribution in [0.3, 0.4) is 0 Å². The molecular formula is C10H9N7S2. The molecule has 0 aliphatic carbocycles. The molecule has 0 saturated carbocycles. The van der Waals surface area contributed by atoms with E-state index in [9.17, 15) is 0 Å². The van der Waals surface area contributed by atoms with E-state index in [1.54, 1.807) is 41.7 Å². The lowest BCUT2D eigenvalue weighted by atomic mass is 10.7. The number of hydrogen-bond donors (Lipinski definition) is 1. The van der Waals surface area contributed by atoms with Crippen LogP contribution in [0.5, 0.6) is 0 Å². The second kappa shape index (κ2) is 5.33. The van der Waals surface area contributed by atoms with Crippen molar-refractivity contribution in [3.05, 3.63) is 30.0 Å². The van der Waals surface area contributed by atoms with Crippen LogP contribution in [0.2, 0.25) is 0 Å². The molecule has 96 valence electrons. The van der Waals surface area contributed by atoms with E-state index in [1.165, 1.54) is 11.8 Å². The molecule has 0 saturated heterocycles. The van der Waals surface area contributed by atoms with Crippen molar-refractivity contribution < 1.29 is 0 Å². The Morgan fingerprint density at radius 2 is 2.21 bits per heavy atom. The van der Waals surface area contributed by atoms with Crippen molar-refractivity contribution in [3.63, 3.8) is 0 Å². The van der Waals surface area contributed by atoms with Crippen LogP contribution in [0.4, 0.5) is 5.95 Å². The van der Waals surface area contributed by atoms with E-state index >= 15 is 0 Å². The fraction of sp³-hybridized carbons (Fsp3) is 0.100. The summed E-state index contributed by atoms with van der Waals surface area (Å²) in [6.07, 6.45) is 5.21. The van der Waals surface area contributed by atoms with Crippen molar-refractivity contribution in [2.45, 2.75) is 9.50 Å². The summed E-state index contributed by atoms with van der Waals surface area (Å²) in [6, 6.07) is 1.82. The molecule has 0 fully saturated rings. The third-order valence-corrected chi connectivity index (χ3v) is 3.87. The van der Waals surface area contributed by atoms with Gasteiger partial charge < -0.3 is 5.32 Å². The minimum Gasteiger partial charge on any atom is -0.357 e. The van der Waals surface area contributed by atoms with Gasteiger partial charge in [0.25, 0.3) is 5.95 Å². The van der Waals surface area contributed by atoms with Crippen LogP contribution >= 0.6 is 23.1 Å². The van der Waals surface area contributed by atoms with Crippen molar-refractivity contribution >= 4 is 29.0 Å². The zero-order valence-corrected chi connectivity index (χ0v) is 11.5. The van der Waals surface area contributed by atoms with E-state index in [-0.39, 0.29) is 0 Å². The van der Waals surface area contributed by atoms with Gasteiger partial charge >= 0.3 is 0 Å². The Bertz CT molecular complexity index is 651. The summed E-state index contributed by atoms with van der Waals surface area (Å²) in [4.78, 5) is 17.1. The van der Waals surface area contributed by atoms with E-state index in [0.717, 1.165) is 4.34 Å². The van der Waals surface area contributed by atoms with Crippen molar-refractivity contribution in [2.24, 2.45) is 0 Å². The Kier molecular flexibility index (Phi) is 3.38. The van der Waals surface area contributed by atoms with Crippen LogP contribution in [-0.4, -0.2) is 36.8 Å². The molecule has 0 aromatic carbocycles. The minimum absolute atomic E-state index is 0.475. The number of nitrogens with one attached hydrogen (secondary N) is 1. The van der Waals surface area contributed by atoms with Crippen LogP contribution in [0.25, 0.3) is 5.95 Å². The highest BCUT2D eigenvalue weighted by Gasteiger charge is 2.10. The molecule has 0 spiro atoms. The molecule has 3 rings (SSSR count). The Hall–Kier alpha value is -2.00. The molecule has 7 nitrogen and oxygen atoms in total. The molecule has 0 atom stereocenters. The van der Waals surface area contributed by atoms with Gasteiger partial charge in [0.15, 0.2) is 4.34 Å². The number of nitrogens with zero attached hydrogens (tertiary/aromatic N) is 6. The molecule has 9 heteroatoms. The van der Waals surface area contributed by atoms with Crippen LogP contribution in [0.1, 0.15) is 0 Å². The lowest BCUT2D eigenvalue weighted by Gasteiger charge is -2.05. The largest absolute Gasteiger partial charge is 0.357 e. The zero-order chi connectivity index (χ0) is 13.1. The van der Waals surface area contributed by atoms with Gasteiger partial charge in [-0.3, -0.25) is 0 Å². The summed E-state index contributed by atoms with van der Waals surface area (Å²) >= 11 is 2.94. The maximum atomic E-state index is 4.37. The fourth-order valence-corrected chi connectivity index (χ4v) is 2.80. The Morgan fingerprint density at radius 3 is 2.89 bits per heavy atom. The minimum atomic E-state index is 0.475. The lowest BCUT2D eigenvalue weighted by Crippen LogP contribution is -2.07. The summed E-state index contributed by atoms with van der Waals surface area (Å²) in [7, 11) is 1.76. The highest BCUT2D eigenvalue weighted by molar-refractivity contribution is 8.00. The van der Waals surface area contributed by atoms with Crippen molar-refractivity contribution in [1.82, 2.24) is 29.7 Å². The second-order valence-electron chi connectivity index (χ2n) is 3.34. The molecule has 19 heavy (non-hydrogen) atoms. The zero-order valence-electron chi connectivity index (χ0n) is 9.89. The molecule has 3 aromatic heterocycles. The molecule has 0 radical (unpaired) electrons. The Morgan fingerprint density at radius 1 is 1.26 bits per heavy atom. The van der Waals surface area contributed by atoms with Gasteiger partial charge in [0.2, 0.25) is 11.1 Å². The molecule has 0 amide bonds. The lowest BCUT2D eigenvalue weighted by molar-refractivity contribution is 0.762. The van der Waals surface area contributed by atoms with E-state index < -0.39 is 0 Å². The highest BCUT2D eigenvalue weighted by atomic mass is 32.2. The van der Waals surface area contributed by atoms with Gasteiger partial charge in [-0.25, -0.2) is 9.67 Å². The summed E-state index contributed by atoms with van der Waals surface area (Å²) < 4.78 is 2.48. The van der Waals surface area contributed by atoms with E-state index in [4.69, 9.17) is 0 Å². The Balaban J connectivity index is 1.98. The number of thiazole rings is 1. The molecule has 1 N–H and O–H groups in total. The standard InChI is InChI=1S/C10H9N7S2/c1-11-7-14-8(17-5-2-3-13-17)16-9(15-7)19-10-12-4-6-18-10/h2-6H,1H3,(H,11,14,15,16). The van der Waals surface area contributed by atoms with Crippen LogP contribution in [-0.2, 0) is 0 Å². The monoisotopic (exact) mass is 291 g/mol. The second-order valence-corrected chi connectivity index (χ2v) is 5.45. The van der Waals surface area contributed by atoms with Gasteiger partial charge in [-0.2, -0.15) is 20.1 Å². The summed E-state index contributed by atoms with van der Waals surface area (Å²) in [5.41, 5.74) is 0. The summed E-state index contributed by atoms with van der Waals surface area (Å²) in [6.45, 7) is 0. The maximum Gasteiger partial charge on any atom is 0.256 e. The first-order chi connectivity index (χ1) is 9.35. The SMILES string of the molecule is CNc1nc(Sc2nccs2)nc(-n2cccn2)n1. The van der Waals surface area contributed by atoms with Gasteiger partial charge in [0.1, 0.15) is 0 Å². The number of hydrogen-bond acceptors (Lipinski definition) is 8. The average Bonchev–Trinajstić information content (AvgIpc) is 3.11. The van der Waals surface area contributed by atoms with Gasteiger partial charge in [-0.05, 0) is 17.8 Å². The topological polar surface area (TPSA) is 81.4 Å². The van der Waals surface area contributed by atoms with Crippen molar-refractivity contribution in [1.29, 1.82) is 0 Å². The first kappa shape index (κ1) is 12.1. The van der Waals surface area contributed by atoms with Gasteiger partial charge in [0.05, 0.1) is 0 Å². The van der Waals surface area contributed by atoms with E-state index in [1.807, 2.05) is 11.4 Å². The number of aromatic nitrogens is 6. The van der Waals surface area contributed by atoms with Crippen LogP contribution in [0.15, 0.2) is 39.5 Å². The van der Waals surface area contributed by atoms with Crippen LogP contribution < -0.4 is 5.32 Å². The summed E-state index contributed by atoms with van der Waals surface area (Å²) in [5.74, 6) is 0.975. The van der Waals surface area contributed by atoms with Crippen molar-refractivity contribution in [2.75, 3.05) is 12.4 Å². The molecule has 0 unspecified atom stereocenters. The van der Waals surface area contributed by atoms with E-state index in [2.05, 4.69) is 30.4 Å². The molecular weight excluding hydrogens is 282 g/mol.